The molecule has 4 aromatic rings. The van der Waals surface area contributed by atoms with Gasteiger partial charge in [-0.25, -0.2) is 4.98 Å². The van der Waals surface area contributed by atoms with Crippen molar-refractivity contribution in [3.63, 3.8) is 0 Å². The van der Waals surface area contributed by atoms with Crippen LogP contribution in [0.25, 0.3) is 27.7 Å². The summed E-state index contributed by atoms with van der Waals surface area (Å²) in [4.78, 5) is 14.0. The average Bonchev–Trinajstić information content (AvgIpc) is 2.81. The molecule has 6 bridgehead atoms. The van der Waals surface area contributed by atoms with E-state index in [9.17, 15) is 0 Å². The van der Waals surface area contributed by atoms with E-state index in [-0.39, 0.29) is 5.92 Å². The summed E-state index contributed by atoms with van der Waals surface area (Å²) in [6.07, 6.45) is 10.4. The number of nitrogens with one attached hydrogen (secondary N) is 3. The first-order valence-corrected chi connectivity index (χ1v) is 9.91. The van der Waals surface area contributed by atoms with Crippen molar-refractivity contribution in [3.05, 3.63) is 71.9 Å². The smallest absolute Gasteiger partial charge is 0.154 e. The zero-order valence-corrected chi connectivity index (χ0v) is 17.1. The maximum absolute atomic E-state index is 7.93. The second-order valence-electron chi connectivity index (χ2n) is 7.37. The normalized spacial score (nSPS) is 15.0. The first-order valence-electron chi connectivity index (χ1n) is 9.91. The average molecular weight is 408 g/mol. The van der Waals surface area contributed by atoms with Gasteiger partial charge in [0.1, 0.15) is 5.82 Å². The van der Waals surface area contributed by atoms with Crippen LogP contribution < -0.4 is 10.6 Å². The van der Waals surface area contributed by atoms with Crippen LogP contribution in [-0.2, 0) is 0 Å². The fourth-order valence-corrected chi connectivity index (χ4v) is 3.83. The lowest BCUT2D eigenvalue weighted by Gasteiger charge is -2.18. The largest absolute Gasteiger partial charge is 0.393 e. The number of pyridine rings is 3. The molecule has 5 heterocycles. The fourth-order valence-electron chi connectivity index (χ4n) is 3.83. The van der Waals surface area contributed by atoms with E-state index in [1.54, 1.807) is 18.6 Å². The summed E-state index contributed by atoms with van der Waals surface area (Å²) in [7, 11) is 1.81. The Balaban J connectivity index is 1.89. The summed E-state index contributed by atoms with van der Waals surface area (Å²) >= 11 is 0. The number of fused-ring (bicyclic) bond motifs is 6. The molecule has 0 saturated carbocycles. The van der Waals surface area contributed by atoms with Crippen LogP contribution in [0.5, 0.6) is 0 Å². The van der Waals surface area contributed by atoms with Crippen molar-refractivity contribution in [2.75, 3.05) is 12.4 Å². The molecule has 8 heteroatoms. The van der Waals surface area contributed by atoms with Crippen LogP contribution in [0, 0.1) is 5.41 Å². The van der Waals surface area contributed by atoms with Gasteiger partial charge in [-0.15, -0.1) is 5.10 Å². The summed E-state index contributed by atoms with van der Waals surface area (Å²) in [6.45, 7) is 2.12. The van der Waals surface area contributed by atoms with Crippen molar-refractivity contribution in [1.82, 2.24) is 30.5 Å². The van der Waals surface area contributed by atoms with E-state index in [0.717, 1.165) is 38.9 Å². The number of hydrogen-bond acceptors (Lipinski definition) is 8. The highest BCUT2D eigenvalue weighted by molar-refractivity contribution is 6.13. The minimum atomic E-state index is 0.0741. The van der Waals surface area contributed by atoms with E-state index >= 15 is 0 Å². The molecule has 0 spiro atoms. The summed E-state index contributed by atoms with van der Waals surface area (Å²) in [5, 5.41) is 22.6. The maximum Gasteiger partial charge on any atom is 0.154 e. The van der Waals surface area contributed by atoms with Crippen LogP contribution >= 0.6 is 0 Å². The second kappa shape index (κ2) is 7.56. The van der Waals surface area contributed by atoms with E-state index in [1.165, 1.54) is 6.21 Å². The molecule has 0 radical (unpaired) electrons. The zero-order chi connectivity index (χ0) is 21.4. The Morgan fingerprint density at radius 1 is 1.10 bits per heavy atom. The topological polar surface area (TPSA) is 112 Å². The molecule has 0 aliphatic carbocycles. The van der Waals surface area contributed by atoms with Gasteiger partial charge in [0.25, 0.3) is 0 Å². The van der Waals surface area contributed by atoms with E-state index in [4.69, 9.17) is 10.4 Å². The van der Waals surface area contributed by atoms with Gasteiger partial charge in [-0.05, 0) is 35.4 Å². The molecule has 1 atom stereocenters. The predicted molar refractivity (Wildman–Crippen MR) is 121 cm³/mol. The van der Waals surface area contributed by atoms with Crippen molar-refractivity contribution in [2.45, 2.75) is 12.8 Å². The van der Waals surface area contributed by atoms with Crippen molar-refractivity contribution < 1.29 is 0 Å². The highest BCUT2D eigenvalue weighted by Crippen LogP contribution is 2.36. The van der Waals surface area contributed by atoms with Gasteiger partial charge in [-0.3, -0.25) is 9.97 Å². The van der Waals surface area contributed by atoms with Crippen LogP contribution in [0.15, 0.2) is 55.3 Å². The van der Waals surface area contributed by atoms with Gasteiger partial charge < -0.3 is 16.0 Å². The molecule has 0 fully saturated rings. The van der Waals surface area contributed by atoms with Gasteiger partial charge in [-0.2, -0.15) is 5.10 Å². The van der Waals surface area contributed by atoms with E-state index < -0.39 is 0 Å². The van der Waals surface area contributed by atoms with Gasteiger partial charge in [0.15, 0.2) is 5.82 Å². The number of aromatic nitrogens is 5. The summed E-state index contributed by atoms with van der Waals surface area (Å²) in [6, 6.07) is 7.90. The van der Waals surface area contributed by atoms with Crippen molar-refractivity contribution in [2.24, 2.45) is 0 Å². The van der Waals surface area contributed by atoms with Crippen molar-refractivity contribution >= 4 is 34.5 Å². The number of nitrogens with zero attached hydrogens (tertiary/aromatic N) is 5. The van der Waals surface area contributed by atoms with Crippen LogP contribution in [0.3, 0.4) is 0 Å². The standard InChI is InChI=1S/C23H20N8/c1-13-14-5-16(10-26-9-14)22-18(17(7-24)8-25-2)12-27-19-3-4-20(30-23(19)22)29-21-6-15(13)11-28-31-21/h3-13,24-25H,1-2H3,(H,29,30,31)/b17-8+,24-7?. The maximum atomic E-state index is 7.93. The van der Waals surface area contributed by atoms with Gasteiger partial charge >= 0.3 is 0 Å². The van der Waals surface area contributed by atoms with Crippen LogP contribution in [0.2, 0.25) is 0 Å². The first kappa shape index (κ1) is 18.8. The van der Waals surface area contributed by atoms with Crippen LogP contribution in [-0.4, -0.2) is 38.4 Å². The molecule has 5 rings (SSSR count). The Morgan fingerprint density at radius 2 is 1.97 bits per heavy atom. The van der Waals surface area contributed by atoms with Gasteiger partial charge in [0.05, 0.1) is 17.2 Å². The van der Waals surface area contributed by atoms with Crippen molar-refractivity contribution in [1.29, 1.82) is 5.41 Å². The summed E-state index contributed by atoms with van der Waals surface area (Å²) < 4.78 is 0. The number of anilines is 2. The van der Waals surface area contributed by atoms with Crippen molar-refractivity contribution in [3.8, 4) is 11.1 Å². The van der Waals surface area contributed by atoms with Gasteiger partial charge in [-0.1, -0.05) is 6.92 Å². The molecule has 8 nitrogen and oxygen atoms in total. The Bertz CT molecular complexity index is 1340. The van der Waals surface area contributed by atoms with Gasteiger partial charge in [0, 0.05) is 66.2 Å². The summed E-state index contributed by atoms with van der Waals surface area (Å²) in [5.41, 5.74) is 6.88. The Morgan fingerprint density at radius 3 is 2.81 bits per heavy atom. The van der Waals surface area contributed by atoms with Gasteiger partial charge in [0.2, 0.25) is 0 Å². The fraction of sp³-hybridized carbons (Fsp3) is 0.130. The Hall–Kier alpha value is -4.20. The van der Waals surface area contributed by atoms with Crippen LogP contribution in [0.1, 0.15) is 29.5 Å². The zero-order valence-electron chi connectivity index (χ0n) is 17.1. The highest BCUT2D eigenvalue weighted by atomic mass is 15.2. The Kier molecular flexibility index (Phi) is 4.59. The highest BCUT2D eigenvalue weighted by Gasteiger charge is 2.19. The molecule has 1 unspecified atom stereocenters. The molecule has 0 aromatic carbocycles. The quantitative estimate of drug-likeness (QED) is 0.441. The number of allylic oxidation sites excluding steroid dienone is 1. The molecule has 152 valence electrons. The molecule has 31 heavy (non-hydrogen) atoms. The summed E-state index contributed by atoms with van der Waals surface area (Å²) in [5.74, 6) is 1.34. The third-order valence-electron chi connectivity index (χ3n) is 5.46. The van der Waals surface area contributed by atoms with Crippen LogP contribution in [0.4, 0.5) is 11.6 Å². The van der Waals surface area contributed by atoms with E-state index in [1.807, 2.05) is 37.6 Å². The lowest BCUT2D eigenvalue weighted by atomic mass is 9.91. The molecule has 0 saturated heterocycles. The molecule has 4 aromatic heterocycles. The molecule has 1 aliphatic rings. The number of rotatable bonds is 3. The molecular weight excluding hydrogens is 388 g/mol. The molecule has 0 amide bonds. The van der Waals surface area contributed by atoms with E-state index in [2.05, 4.69) is 43.8 Å². The SMILES string of the molecule is CN/C=C(\C=N)c1cnc2ccc3nc2c1-c1cncc(c1)C(C)c1cnnc(c1)N3. The third-order valence-corrected chi connectivity index (χ3v) is 5.46. The molecular formula is C23H20N8. The number of hydrogen-bond donors (Lipinski definition) is 3. The minimum Gasteiger partial charge on any atom is -0.393 e. The molecule has 3 N–H and O–H groups in total. The van der Waals surface area contributed by atoms with E-state index in [0.29, 0.717) is 17.2 Å². The second-order valence-corrected chi connectivity index (χ2v) is 7.37. The first-order chi connectivity index (χ1) is 15.2. The lowest BCUT2D eigenvalue weighted by molar-refractivity contribution is 0.880. The predicted octanol–water partition coefficient (Wildman–Crippen LogP) is 3.90. The Labute approximate surface area is 179 Å². The third kappa shape index (κ3) is 3.28. The molecule has 1 aliphatic heterocycles. The lowest BCUT2D eigenvalue weighted by Crippen LogP contribution is -2.06. The minimum absolute atomic E-state index is 0.0741. The monoisotopic (exact) mass is 408 g/mol.